The third kappa shape index (κ3) is 2.06. The Morgan fingerprint density at radius 3 is 2.93 bits per heavy atom. The quantitative estimate of drug-likeness (QED) is 0.592. The standard InChI is InChI=1S/C10H12Cl2N2O/c11-7-4-3-6-8(14-13)2-1-5-15-10(6)9(7)12/h3-4,8,14H,1-2,5,13H2. The maximum atomic E-state index is 6.08. The van der Waals surface area contributed by atoms with Gasteiger partial charge in [-0.3, -0.25) is 11.3 Å². The lowest BCUT2D eigenvalue weighted by Gasteiger charge is -2.16. The van der Waals surface area contributed by atoms with Gasteiger partial charge in [0.25, 0.3) is 0 Å². The molecule has 1 heterocycles. The van der Waals surface area contributed by atoms with Crippen LogP contribution in [0.2, 0.25) is 10.0 Å². The van der Waals surface area contributed by atoms with E-state index in [-0.39, 0.29) is 6.04 Å². The maximum absolute atomic E-state index is 6.08. The van der Waals surface area contributed by atoms with Gasteiger partial charge in [-0.05, 0) is 18.9 Å². The summed E-state index contributed by atoms with van der Waals surface area (Å²) in [5.41, 5.74) is 3.74. The van der Waals surface area contributed by atoms with Crippen LogP contribution in [0.4, 0.5) is 0 Å². The van der Waals surface area contributed by atoms with Crippen molar-refractivity contribution in [3.8, 4) is 5.75 Å². The van der Waals surface area contributed by atoms with Gasteiger partial charge >= 0.3 is 0 Å². The summed E-state index contributed by atoms with van der Waals surface area (Å²) in [4.78, 5) is 0. The van der Waals surface area contributed by atoms with Crippen molar-refractivity contribution in [2.24, 2.45) is 5.84 Å². The summed E-state index contributed by atoms with van der Waals surface area (Å²) in [6, 6.07) is 3.75. The number of hydrazine groups is 1. The number of rotatable bonds is 1. The highest BCUT2D eigenvalue weighted by atomic mass is 35.5. The number of nitrogens with one attached hydrogen (secondary N) is 1. The van der Waals surface area contributed by atoms with Crippen molar-refractivity contribution in [3.63, 3.8) is 0 Å². The molecule has 0 aromatic heterocycles. The Kier molecular flexibility index (Phi) is 3.36. The van der Waals surface area contributed by atoms with Crippen LogP contribution in [0.1, 0.15) is 24.4 Å². The number of nitrogens with two attached hydrogens (primary N) is 1. The molecule has 15 heavy (non-hydrogen) atoms. The molecule has 1 aliphatic heterocycles. The predicted molar refractivity (Wildman–Crippen MR) is 61.3 cm³/mol. The molecule has 1 aromatic rings. The molecule has 0 amide bonds. The molecule has 0 bridgehead atoms. The zero-order chi connectivity index (χ0) is 10.8. The number of hydrogen-bond donors (Lipinski definition) is 2. The fourth-order valence-electron chi connectivity index (χ4n) is 1.76. The van der Waals surface area contributed by atoms with Crippen molar-refractivity contribution in [2.75, 3.05) is 6.61 Å². The lowest BCUT2D eigenvalue weighted by atomic mass is 10.0. The molecule has 0 fully saturated rings. The highest BCUT2D eigenvalue weighted by Gasteiger charge is 2.21. The van der Waals surface area contributed by atoms with E-state index in [4.69, 9.17) is 33.8 Å². The van der Waals surface area contributed by atoms with Crippen LogP contribution >= 0.6 is 23.2 Å². The van der Waals surface area contributed by atoms with Crippen LogP contribution in [0.25, 0.3) is 0 Å². The second kappa shape index (κ2) is 4.58. The lowest BCUT2D eigenvalue weighted by Crippen LogP contribution is -2.27. The number of hydrogen-bond acceptors (Lipinski definition) is 3. The van der Waals surface area contributed by atoms with Gasteiger partial charge < -0.3 is 4.74 Å². The second-order valence-electron chi connectivity index (χ2n) is 3.49. The van der Waals surface area contributed by atoms with Crippen LogP contribution in [0.3, 0.4) is 0 Å². The molecule has 2 rings (SSSR count). The Balaban J connectivity index is 2.49. The molecule has 3 nitrogen and oxygen atoms in total. The fraction of sp³-hybridized carbons (Fsp3) is 0.400. The highest BCUT2D eigenvalue weighted by Crippen LogP contribution is 2.40. The van der Waals surface area contributed by atoms with Gasteiger partial charge in [0.05, 0.1) is 11.6 Å². The van der Waals surface area contributed by atoms with Crippen molar-refractivity contribution in [2.45, 2.75) is 18.9 Å². The van der Waals surface area contributed by atoms with Gasteiger partial charge in [-0.15, -0.1) is 0 Å². The molecule has 0 saturated carbocycles. The van der Waals surface area contributed by atoms with Crippen LogP contribution in [0.5, 0.6) is 5.75 Å². The van der Waals surface area contributed by atoms with Gasteiger partial charge in [-0.1, -0.05) is 29.3 Å². The van der Waals surface area contributed by atoms with Crippen molar-refractivity contribution in [1.82, 2.24) is 5.43 Å². The number of halogens is 2. The topological polar surface area (TPSA) is 47.3 Å². The first-order chi connectivity index (χ1) is 7.24. The summed E-state index contributed by atoms with van der Waals surface area (Å²) in [7, 11) is 0. The number of benzene rings is 1. The average molecular weight is 247 g/mol. The Labute approximate surface area is 98.5 Å². The summed E-state index contributed by atoms with van der Waals surface area (Å²) < 4.78 is 5.58. The molecular formula is C10H12Cl2N2O. The van der Waals surface area contributed by atoms with Crippen molar-refractivity contribution < 1.29 is 4.74 Å². The third-order valence-corrected chi connectivity index (χ3v) is 3.33. The summed E-state index contributed by atoms with van der Waals surface area (Å²) in [6.45, 7) is 0.644. The molecule has 82 valence electrons. The van der Waals surface area contributed by atoms with Crippen molar-refractivity contribution in [1.29, 1.82) is 0 Å². The van der Waals surface area contributed by atoms with Gasteiger partial charge in [0.1, 0.15) is 10.8 Å². The first kappa shape index (κ1) is 11.0. The van der Waals surface area contributed by atoms with Crippen LogP contribution < -0.4 is 16.0 Å². The summed E-state index contributed by atoms with van der Waals surface area (Å²) in [6.07, 6.45) is 1.87. The number of fused-ring (bicyclic) bond motifs is 1. The molecule has 0 saturated heterocycles. The van der Waals surface area contributed by atoms with Crippen LogP contribution in [-0.2, 0) is 0 Å². The van der Waals surface area contributed by atoms with Gasteiger partial charge in [-0.25, -0.2) is 0 Å². The third-order valence-electron chi connectivity index (χ3n) is 2.54. The predicted octanol–water partition coefficient (Wildman–Crippen LogP) is 2.67. The molecule has 0 spiro atoms. The van der Waals surface area contributed by atoms with Crippen LogP contribution in [0.15, 0.2) is 12.1 Å². The zero-order valence-electron chi connectivity index (χ0n) is 8.09. The molecule has 0 aliphatic carbocycles. The largest absolute Gasteiger partial charge is 0.492 e. The molecule has 0 radical (unpaired) electrons. The normalized spacial score (nSPS) is 20.3. The highest BCUT2D eigenvalue weighted by molar-refractivity contribution is 6.43. The maximum Gasteiger partial charge on any atom is 0.144 e. The van der Waals surface area contributed by atoms with E-state index < -0.39 is 0 Å². The molecule has 1 atom stereocenters. The Morgan fingerprint density at radius 1 is 1.40 bits per heavy atom. The van der Waals surface area contributed by atoms with Crippen LogP contribution in [-0.4, -0.2) is 6.61 Å². The van der Waals surface area contributed by atoms with E-state index in [0.717, 1.165) is 18.4 Å². The van der Waals surface area contributed by atoms with Crippen molar-refractivity contribution in [3.05, 3.63) is 27.7 Å². The minimum atomic E-state index is 0.0808. The fourth-order valence-corrected chi connectivity index (χ4v) is 2.13. The van der Waals surface area contributed by atoms with Gasteiger partial charge in [0.15, 0.2) is 0 Å². The molecule has 5 heteroatoms. The summed E-state index contributed by atoms with van der Waals surface area (Å²) in [5, 5.41) is 0.976. The Bertz CT molecular complexity index is 371. The van der Waals surface area contributed by atoms with E-state index in [1.807, 2.05) is 6.07 Å². The first-order valence-electron chi connectivity index (χ1n) is 4.81. The van der Waals surface area contributed by atoms with E-state index in [0.29, 0.717) is 22.4 Å². The summed E-state index contributed by atoms with van der Waals surface area (Å²) in [5.74, 6) is 6.15. The average Bonchev–Trinajstić information content (AvgIpc) is 2.45. The molecule has 1 aliphatic rings. The lowest BCUT2D eigenvalue weighted by molar-refractivity contribution is 0.315. The van der Waals surface area contributed by atoms with Crippen LogP contribution in [0, 0.1) is 0 Å². The molecule has 1 aromatic carbocycles. The summed E-state index contributed by atoms with van der Waals surface area (Å²) >= 11 is 12.0. The van der Waals surface area contributed by atoms with E-state index in [9.17, 15) is 0 Å². The zero-order valence-corrected chi connectivity index (χ0v) is 9.61. The van der Waals surface area contributed by atoms with Gasteiger partial charge in [0.2, 0.25) is 0 Å². The Morgan fingerprint density at radius 2 is 2.20 bits per heavy atom. The van der Waals surface area contributed by atoms with Crippen molar-refractivity contribution >= 4 is 23.2 Å². The molecule has 1 unspecified atom stereocenters. The van der Waals surface area contributed by atoms with Gasteiger partial charge in [0, 0.05) is 11.6 Å². The smallest absolute Gasteiger partial charge is 0.144 e. The minimum Gasteiger partial charge on any atom is -0.492 e. The first-order valence-corrected chi connectivity index (χ1v) is 5.56. The molecular weight excluding hydrogens is 235 g/mol. The number of ether oxygens (including phenoxy) is 1. The second-order valence-corrected chi connectivity index (χ2v) is 4.27. The van der Waals surface area contributed by atoms with E-state index in [1.165, 1.54) is 0 Å². The molecule has 3 N–H and O–H groups in total. The SMILES string of the molecule is NNC1CCCOc2c1ccc(Cl)c2Cl. The van der Waals surface area contributed by atoms with E-state index in [2.05, 4.69) is 5.43 Å². The monoisotopic (exact) mass is 246 g/mol. The van der Waals surface area contributed by atoms with Gasteiger partial charge in [-0.2, -0.15) is 0 Å². The van der Waals surface area contributed by atoms with E-state index in [1.54, 1.807) is 6.07 Å². The van der Waals surface area contributed by atoms with E-state index >= 15 is 0 Å². The minimum absolute atomic E-state index is 0.0808. The Hall–Kier alpha value is -0.480.